The highest BCUT2D eigenvalue weighted by atomic mass is 32.2. The zero-order chi connectivity index (χ0) is 23.4. The van der Waals surface area contributed by atoms with Crippen molar-refractivity contribution in [2.24, 2.45) is 5.92 Å². The second-order valence-corrected chi connectivity index (χ2v) is 8.92. The van der Waals surface area contributed by atoms with Gasteiger partial charge >= 0.3 is 5.97 Å². The Morgan fingerprint density at radius 3 is 2.44 bits per heavy atom. The lowest BCUT2D eigenvalue weighted by atomic mass is 9.83. The normalized spacial score (nSPS) is 18.4. The molecule has 0 spiro atoms. The number of carbonyl (C=O) groups excluding carboxylic acids is 2. The first-order valence-electron chi connectivity index (χ1n) is 10.3. The Balaban J connectivity index is 2.14. The molecule has 0 bridgehead atoms. The van der Waals surface area contributed by atoms with Crippen molar-refractivity contribution in [3.05, 3.63) is 59.2 Å². The topological polar surface area (TPSA) is 93.1 Å². The number of fused-ring (bicyclic) bond motifs is 1. The third kappa shape index (κ3) is 4.75. The van der Waals surface area contributed by atoms with Crippen LogP contribution in [0.4, 0.5) is 0 Å². The largest absolute Gasteiger partial charge is 0.493 e. The van der Waals surface area contributed by atoms with E-state index in [0.29, 0.717) is 11.5 Å². The van der Waals surface area contributed by atoms with Crippen LogP contribution in [-0.2, 0) is 20.8 Å². The quantitative estimate of drug-likeness (QED) is 0.680. The molecule has 1 aliphatic rings. The SMILES string of the molecule is COc1ccc(C2c3ccccc3CC(C(=O)O)N2C(=O)C(C)CSC(C)=O)cc1OC. The zero-order valence-electron chi connectivity index (χ0n) is 18.5. The van der Waals surface area contributed by atoms with E-state index < -0.39 is 24.0 Å². The first-order chi connectivity index (χ1) is 15.3. The van der Waals surface area contributed by atoms with Crippen LogP contribution in [-0.4, -0.2) is 53.0 Å². The van der Waals surface area contributed by atoms with Gasteiger partial charge in [0.15, 0.2) is 16.6 Å². The maximum absolute atomic E-state index is 13.6. The van der Waals surface area contributed by atoms with E-state index >= 15 is 0 Å². The highest BCUT2D eigenvalue weighted by Crippen LogP contribution is 2.41. The van der Waals surface area contributed by atoms with Gasteiger partial charge in [-0.1, -0.05) is 49.0 Å². The van der Waals surface area contributed by atoms with Gasteiger partial charge in [-0.2, -0.15) is 0 Å². The molecule has 1 aliphatic heterocycles. The molecule has 0 radical (unpaired) electrons. The van der Waals surface area contributed by atoms with Gasteiger partial charge in [-0.3, -0.25) is 9.59 Å². The molecule has 0 saturated carbocycles. The molecule has 170 valence electrons. The lowest BCUT2D eigenvalue weighted by Gasteiger charge is -2.43. The van der Waals surface area contributed by atoms with Gasteiger partial charge in [-0.15, -0.1) is 0 Å². The number of ether oxygens (including phenoxy) is 2. The van der Waals surface area contributed by atoms with Gasteiger partial charge in [0.25, 0.3) is 0 Å². The summed E-state index contributed by atoms with van der Waals surface area (Å²) in [5, 5.41) is 9.95. The molecule has 0 fully saturated rings. The Morgan fingerprint density at radius 1 is 1.12 bits per heavy atom. The molecule has 32 heavy (non-hydrogen) atoms. The van der Waals surface area contributed by atoms with Gasteiger partial charge in [0.1, 0.15) is 6.04 Å². The average Bonchev–Trinajstić information content (AvgIpc) is 2.80. The van der Waals surface area contributed by atoms with Crippen LogP contribution in [0.5, 0.6) is 11.5 Å². The molecule has 3 atom stereocenters. The summed E-state index contributed by atoms with van der Waals surface area (Å²) < 4.78 is 10.8. The summed E-state index contributed by atoms with van der Waals surface area (Å²) >= 11 is 1.06. The van der Waals surface area contributed by atoms with Crippen molar-refractivity contribution in [3.63, 3.8) is 0 Å². The fourth-order valence-corrected chi connectivity index (χ4v) is 4.67. The van der Waals surface area contributed by atoms with E-state index in [1.165, 1.54) is 26.0 Å². The number of amides is 1. The van der Waals surface area contributed by atoms with Crippen molar-refractivity contribution in [3.8, 4) is 11.5 Å². The third-order valence-corrected chi connectivity index (χ3v) is 6.67. The predicted octanol–water partition coefficient (Wildman–Crippen LogP) is 3.55. The van der Waals surface area contributed by atoms with Crippen molar-refractivity contribution in [2.75, 3.05) is 20.0 Å². The summed E-state index contributed by atoms with van der Waals surface area (Å²) in [5.41, 5.74) is 2.48. The smallest absolute Gasteiger partial charge is 0.326 e. The van der Waals surface area contributed by atoms with Gasteiger partial charge < -0.3 is 19.5 Å². The van der Waals surface area contributed by atoms with E-state index in [0.717, 1.165) is 28.5 Å². The predicted molar refractivity (Wildman–Crippen MR) is 122 cm³/mol. The van der Waals surface area contributed by atoms with Gasteiger partial charge in [0.05, 0.1) is 20.3 Å². The Kier molecular flexibility index (Phi) is 7.45. The summed E-state index contributed by atoms with van der Waals surface area (Å²) in [4.78, 5) is 38.7. The summed E-state index contributed by atoms with van der Waals surface area (Å²) in [6.07, 6.45) is 0.216. The van der Waals surface area contributed by atoms with Crippen LogP contribution in [0.15, 0.2) is 42.5 Å². The van der Waals surface area contributed by atoms with E-state index in [1.807, 2.05) is 30.3 Å². The van der Waals surface area contributed by atoms with Crippen LogP contribution >= 0.6 is 11.8 Å². The molecule has 8 heteroatoms. The van der Waals surface area contributed by atoms with Crippen molar-refractivity contribution in [1.29, 1.82) is 0 Å². The first kappa shape index (κ1) is 23.7. The van der Waals surface area contributed by atoms with Gasteiger partial charge in [-0.05, 0) is 28.8 Å². The third-order valence-electron chi connectivity index (χ3n) is 5.60. The standard InChI is InChI=1S/C24H27NO6S/c1-14(13-32-15(2)26)23(27)25-19(24(28)29)11-16-7-5-6-8-18(16)22(25)17-9-10-20(30-3)21(12-17)31-4/h5-10,12,14,19,22H,11,13H2,1-4H3,(H,28,29). The van der Waals surface area contributed by atoms with Crippen molar-refractivity contribution >= 4 is 28.8 Å². The molecule has 7 nitrogen and oxygen atoms in total. The molecule has 2 aromatic rings. The molecule has 1 heterocycles. The number of nitrogens with zero attached hydrogens (tertiary/aromatic N) is 1. The number of carboxylic acid groups (broad SMARTS) is 1. The first-order valence-corrected chi connectivity index (χ1v) is 11.2. The van der Waals surface area contributed by atoms with Gasteiger partial charge in [-0.25, -0.2) is 4.79 Å². The summed E-state index contributed by atoms with van der Waals surface area (Å²) in [5.74, 6) is -0.576. The molecule has 3 rings (SSSR count). The zero-order valence-corrected chi connectivity index (χ0v) is 19.3. The van der Waals surface area contributed by atoms with E-state index in [1.54, 1.807) is 19.1 Å². The lowest BCUT2D eigenvalue weighted by molar-refractivity contribution is -0.154. The molecule has 0 aliphatic carbocycles. The van der Waals surface area contributed by atoms with Crippen molar-refractivity contribution in [1.82, 2.24) is 4.90 Å². The number of hydrogen-bond donors (Lipinski definition) is 1. The van der Waals surface area contributed by atoms with Crippen LogP contribution in [0.2, 0.25) is 0 Å². The van der Waals surface area contributed by atoms with Crippen LogP contribution in [0.3, 0.4) is 0 Å². The van der Waals surface area contributed by atoms with E-state index in [4.69, 9.17) is 9.47 Å². The fourth-order valence-electron chi connectivity index (χ4n) is 4.04. The number of hydrogen-bond acceptors (Lipinski definition) is 6. The number of aliphatic carboxylic acids is 1. The monoisotopic (exact) mass is 457 g/mol. The summed E-state index contributed by atoms with van der Waals surface area (Å²) in [7, 11) is 3.07. The van der Waals surface area contributed by atoms with Crippen LogP contribution in [0.1, 0.15) is 36.6 Å². The fraction of sp³-hybridized carbons (Fsp3) is 0.375. The maximum atomic E-state index is 13.6. The summed E-state index contributed by atoms with van der Waals surface area (Å²) in [6.45, 7) is 3.18. The molecule has 2 aromatic carbocycles. The minimum Gasteiger partial charge on any atom is -0.493 e. The second kappa shape index (κ2) is 10.1. The van der Waals surface area contributed by atoms with Crippen molar-refractivity contribution < 1.29 is 29.0 Å². The number of carboxylic acids is 1. The van der Waals surface area contributed by atoms with Crippen LogP contribution < -0.4 is 9.47 Å². The highest BCUT2D eigenvalue weighted by Gasteiger charge is 2.43. The van der Waals surface area contributed by atoms with Crippen LogP contribution in [0.25, 0.3) is 0 Å². The van der Waals surface area contributed by atoms with E-state index in [9.17, 15) is 19.5 Å². The maximum Gasteiger partial charge on any atom is 0.326 e. The molecular weight excluding hydrogens is 430 g/mol. The Bertz CT molecular complexity index is 1020. The Hall–Kier alpha value is -3.00. The van der Waals surface area contributed by atoms with Crippen molar-refractivity contribution in [2.45, 2.75) is 32.4 Å². The molecule has 3 unspecified atom stereocenters. The number of rotatable bonds is 7. The summed E-state index contributed by atoms with van der Waals surface area (Å²) in [6, 6.07) is 11.3. The number of carbonyl (C=O) groups is 3. The highest BCUT2D eigenvalue weighted by molar-refractivity contribution is 8.13. The minimum absolute atomic E-state index is 0.0835. The lowest BCUT2D eigenvalue weighted by Crippen LogP contribution is -2.53. The Morgan fingerprint density at radius 2 is 1.81 bits per heavy atom. The average molecular weight is 458 g/mol. The second-order valence-electron chi connectivity index (χ2n) is 7.72. The molecule has 1 amide bonds. The number of thioether (sulfide) groups is 1. The molecular formula is C24H27NO6S. The van der Waals surface area contributed by atoms with Crippen LogP contribution in [0, 0.1) is 5.92 Å². The van der Waals surface area contributed by atoms with Gasteiger partial charge in [0.2, 0.25) is 5.91 Å². The Labute approximate surface area is 191 Å². The minimum atomic E-state index is -1.07. The van der Waals surface area contributed by atoms with Gasteiger partial charge in [0, 0.05) is 25.0 Å². The molecule has 1 N–H and O–H groups in total. The molecule has 0 aromatic heterocycles. The molecule has 0 saturated heterocycles. The van der Waals surface area contributed by atoms with E-state index in [2.05, 4.69) is 0 Å². The van der Waals surface area contributed by atoms with E-state index in [-0.39, 0.29) is 23.2 Å². The number of benzene rings is 2. The number of methoxy groups -OCH3 is 2.